The molecule has 1 fully saturated rings. The van der Waals surface area contributed by atoms with E-state index in [4.69, 9.17) is 0 Å². The van der Waals surface area contributed by atoms with Gasteiger partial charge in [-0.05, 0) is 26.7 Å². The number of nitrogens with zero attached hydrogens (tertiary/aromatic N) is 5. The molecule has 0 spiro atoms. The van der Waals surface area contributed by atoms with E-state index < -0.39 is 0 Å². The fourth-order valence-corrected chi connectivity index (χ4v) is 2.75. The van der Waals surface area contributed by atoms with Crippen molar-refractivity contribution in [1.82, 2.24) is 24.8 Å². The Morgan fingerprint density at radius 2 is 2.00 bits per heavy atom. The largest absolute Gasteiger partial charge is 0.337 e. The lowest BCUT2D eigenvalue weighted by Crippen LogP contribution is -2.39. The Labute approximate surface area is 129 Å². The molecule has 0 bridgehead atoms. The number of piperidine rings is 1. The van der Waals surface area contributed by atoms with Gasteiger partial charge >= 0.3 is 0 Å². The van der Waals surface area contributed by atoms with Crippen LogP contribution in [0.4, 0.5) is 0 Å². The summed E-state index contributed by atoms with van der Waals surface area (Å²) >= 11 is 0. The van der Waals surface area contributed by atoms with E-state index in [1.54, 1.807) is 24.8 Å². The molecule has 2 aromatic rings. The van der Waals surface area contributed by atoms with E-state index >= 15 is 0 Å². The van der Waals surface area contributed by atoms with Gasteiger partial charge in [0.15, 0.2) is 0 Å². The topological polar surface area (TPSA) is 71.9 Å². The Bertz CT molecular complexity index is 670. The third-order valence-corrected chi connectivity index (χ3v) is 3.90. The highest BCUT2D eigenvalue weighted by molar-refractivity contribution is 5.92. The minimum atomic E-state index is -0.0576. The lowest BCUT2D eigenvalue weighted by molar-refractivity contribution is 0.0699. The normalized spacial score (nSPS) is 18.3. The van der Waals surface area contributed by atoms with Crippen LogP contribution in [-0.2, 0) is 0 Å². The van der Waals surface area contributed by atoms with Gasteiger partial charge in [-0.15, -0.1) is 0 Å². The van der Waals surface area contributed by atoms with Gasteiger partial charge in [-0.25, -0.2) is 4.98 Å². The van der Waals surface area contributed by atoms with Crippen LogP contribution in [0.25, 0.3) is 0 Å². The molecule has 0 aromatic carbocycles. The van der Waals surface area contributed by atoms with Gasteiger partial charge in [-0.3, -0.25) is 19.7 Å². The molecule has 6 nitrogen and oxygen atoms in total. The fraction of sp³-hybridized carbons (Fsp3) is 0.438. The second-order valence-electron chi connectivity index (χ2n) is 5.72. The maximum absolute atomic E-state index is 12.5. The lowest BCUT2D eigenvalue weighted by Gasteiger charge is -2.32. The quantitative estimate of drug-likeness (QED) is 0.846. The van der Waals surface area contributed by atoms with E-state index in [2.05, 4.69) is 19.9 Å². The van der Waals surface area contributed by atoms with Crippen LogP contribution in [0.3, 0.4) is 0 Å². The van der Waals surface area contributed by atoms with Crippen molar-refractivity contribution in [2.75, 3.05) is 13.1 Å². The van der Waals surface area contributed by atoms with Crippen molar-refractivity contribution in [2.45, 2.75) is 32.6 Å². The zero-order valence-electron chi connectivity index (χ0n) is 12.9. The van der Waals surface area contributed by atoms with Crippen molar-refractivity contribution < 1.29 is 4.79 Å². The molecular weight excluding hydrogens is 278 g/mol. The van der Waals surface area contributed by atoms with Gasteiger partial charge in [-0.1, -0.05) is 0 Å². The summed E-state index contributed by atoms with van der Waals surface area (Å²) in [6.45, 7) is 5.20. The van der Waals surface area contributed by atoms with Gasteiger partial charge in [0.2, 0.25) is 0 Å². The first-order valence-electron chi connectivity index (χ1n) is 7.50. The zero-order chi connectivity index (χ0) is 15.5. The van der Waals surface area contributed by atoms with E-state index in [0.717, 1.165) is 36.5 Å². The summed E-state index contributed by atoms with van der Waals surface area (Å²) in [5, 5.41) is 0. The summed E-state index contributed by atoms with van der Waals surface area (Å²) in [5.41, 5.74) is 3.09. The van der Waals surface area contributed by atoms with Crippen LogP contribution < -0.4 is 0 Å². The number of carbonyl (C=O) groups is 1. The monoisotopic (exact) mass is 297 g/mol. The molecule has 1 atom stereocenters. The van der Waals surface area contributed by atoms with Crippen LogP contribution in [0.5, 0.6) is 0 Å². The van der Waals surface area contributed by atoms with Gasteiger partial charge in [-0.2, -0.15) is 0 Å². The SMILES string of the molecule is Cc1cnc(C(=O)N2CCCC(c3cncc(C)n3)C2)cn1. The Kier molecular flexibility index (Phi) is 4.09. The Morgan fingerprint density at radius 3 is 2.73 bits per heavy atom. The van der Waals surface area contributed by atoms with Crippen molar-refractivity contribution in [3.8, 4) is 0 Å². The number of hydrogen-bond donors (Lipinski definition) is 0. The van der Waals surface area contributed by atoms with Crippen molar-refractivity contribution >= 4 is 5.91 Å². The van der Waals surface area contributed by atoms with Crippen molar-refractivity contribution in [2.24, 2.45) is 0 Å². The van der Waals surface area contributed by atoms with Crippen LogP contribution in [0.15, 0.2) is 24.8 Å². The van der Waals surface area contributed by atoms with E-state index in [9.17, 15) is 4.79 Å². The van der Waals surface area contributed by atoms with Gasteiger partial charge in [0.25, 0.3) is 5.91 Å². The highest BCUT2D eigenvalue weighted by atomic mass is 16.2. The highest BCUT2D eigenvalue weighted by Gasteiger charge is 2.27. The molecular formula is C16H19N5O. The number of carbonyl (C=O) groups excluding carboxylic acids is 1. The maximum atomic E-state index is 12.5. The predicted octanol–water partition coefficient (Wildman–Crippen LogP) is 1.90. The third-order valence-electron chi connectivity index (χ3n) is 3.90. The smallest absolute Gasteiger partial charge is 0.274 e. The Hall–Kier alpha value is -2.37. The van der Waals surface area contributed by atoms with Gasteiger partial charge in [0.05, 0.1) is 23.3 Å². The van der Waals surface area contributed by atoms with Crippen LogP contribution in [0.2, 0.25) is 0 Å². The molecule has 2 aromatic heterocycles. The lowest BCUT2D eigenvalue weighted by atomic mass is 9.94. The van der Waals surface area contributed by atoms with Crippen molar-refractivity contribution in [1.29, 1.82) is 0 Å². The molecule has 114 valence electrons. The minimum absolute atomic E-state index is 0.0576. The average Bonchev–Trinajstić information content (AvgIpc) is 2.55. The molecule has 3 heterocycles. The van der Waals surface area contributed by atoms with E-state index in [0.29, 0.717) is 12.2 Å². The first kappa shape index (κ1) is 14.6. The van der Waals surface area contributed by atoms with Crippen molar-refractivity contribution in [3.63, 3.8) is 0 Å². The number of aromatic nitrogens is 4. The Balaban J connectivity index is 1.75. The fourth-order valence-electron chi connectivity index (χ4n) is 2.75. The van der Waals surface area contributed by atoms with E-state index in [1.165, 1.54) is 0 Å². The van der Waals surface area contributed by atoms with E-state index in [1.807, 2.05) is 18.7 Å². The summed E-state index contributed by atoms with van der Waals surface area (Å²) in [4.78, 5) is 31.5. The molecule has 1 amide bonds. The molecule has 1 unspecified atom stereocenters. The summed E-state index contributed by atoms with van der Waals surface area (Å²) in [7, 11) is 0. The molecule has 0 radical (unpaired) electrons. The summed E-state index contributed by atoms with van der Waals surface area (Å²) < 4.78 is 0. The van der Waals surface area contributed by atoms with Crippen LogP contribution >= 0.6 is 0 Å². The van der Waals surface area contributed by atoms with Crippen molar-refractivity contribution in [3.05, 3.63) is 47.6 Å². The molecule has 0 aliphatic carbocycles. The number of aryl methyl sites for hydroxylation is 2. The van der Waals surface area contributed by atoms with Crippen LogP contribution in [-0.4, -0.2) is 43.8 Å². The summed E-state index contributed by atoms with van der Waals surface area (Å²) in [6.07, 6.45) is 8.72. The highest BCUT2D eigenvalue weighted by Crippen LogP contribution is 2.26. The number of hydrogen-bond acceptors (Lipinski definition) is 5. The van der Waals surface area contributed by atoms with E-state index in [-0.39, 0.29) is 11.8 Å². The first-order valence-corrected chi connectivity index (χ1v) is 7.50. The molecule has 6 heteroatoms. The average molecular weight is 297 g/mol. The molecule has 0 N–H and O–H groups in total. The first-order chi connectivity index (χ1) is 10.6. The molecule has 0 saturated carbocycles. The standard InChI is InChI=1S/C16H19N5O/c1-11-7-19-15(9-18-11)16(22)21-5-3-4-13(10-21)14-8-17-6-12(2)20-14/h6-9,13H,3-5,10H2,1-2H3. The summed E-state index contributed by atoms with van der Waals surface area (Å²) in [5.74, 6) is 0.182. The van der Waals surface area contributed by atoms with Gasteiger partial charge in [0, 0.05) is 37.6 Å². The number of rotatable bonds is 2. The molecule has 1 aliphatic rings. The van der Waals surface area contributed by atoms with Crippen LogP contribution in [0.1, 0.15) is 46.3 Å². The van der Waals surface area contributed by atoms with Gasteiger partial charge < -0.3 is 4.90 Å². The Morgan fingerprint density at radius 1 is 1.14 bits per heavy atom. The molecule has 22 heavy (non-hydrogen) atoms. The zero-order valence-corrected chi connectivity index (χ0v) is 12.9. The predicted molar refractivity (Wildman–Crippen MR) is 81.4 cm³/mol. The number of amides is 1. The van der Waals surface area contributed by atoms with Crippen LogP contribution in [0, 0.1) is 13.8 Å². The third kappa shape index (κ3) is 3.10. The molecule has 1 saturated heterocycles. The minimum Gasteiger partial charge on any atom is -0.337 e. The second kappa shape index (κ2) is 6.17. The second-order valence-corrected chi connectivity index (χ2v) is 5.72. The molecule has 3 rings (SSSR count). The van der Waals surface area contributed by atoms with Gasteiger partial charge in [0.1, 0.15) is 5.69 Å². The molecule has 1 aliphatic heterocycles. The maximum Gasteiger partial charge on any atom is 0.274 e. The summed E-state index contributed by atoms with van der Waals surface area (Å²) in [6, 6.07) is 0. The number of likely N-dealkylation sites (tertiary alicyclic amines) is 1.